The molecule has 0 unspecified atom stereocenters. The number of methoxy groups -OCH3 is 1. The second-order valence-electron chi connectivity index (χ2n) is 13.3. The molecule has 0 N–H and O–H groups in total. The Balaban J connectivity index is 1.56. The highest BCUT2D eigenvalue weighted by molar-refractivity contribution is 5.69. The lowest BCUT2D eigenvalue weighted by molar-refractivity contribution is -0.144. The van der Waals surface area contributed by atoms with E-state index in [0.717, 1.165) is 31.7 Å². The van der Waals surface area contributed by atoms with Gasteiger partial charge in [-0.1, -0.05) is 11.2 Å². The zero-order valence-electron chi connectivity index (χ0n) is 27.7. The first-order valence-corrected chi connectivity index (χ1v) is 16.3. The first-order valence-electron chi connectivity index (χ1n) is 16.3. The molecule has 50 heavy (non-hydrogen) atoms. The third-order valence-corrected chi connectivity index (χ3v) is 9.69. The topological polar surface area (TPSA) is 58.8 Å². The number of benzene rings is 2. The minimum Gasteiger partial charge on any atom is -0.469 e. The molecule has 2 aromatic carbocycles. The fraction of sp³-hybridized carbons (Fsp3) is 0.543. The van der Waals surface area contributed by atoms with Gasteiger partial charge in [-0.05, 0) is 105 Å². The summed E-state index contributed by atoms with van der Waals surface area (Å²) in [6.45, 7) is 3.25. The van der Waals surface area contributed by atoms with Crippen LogP contribution in [0.25, 0.3) is 0 Å². The maximum atomic E-state index is 14.3. The van der Waals surface area contributed by atoms with E-state index in [9.17, 15) is 44.3 Å². The zero-order valence-corrected chi connectivity index (χ0v) is 27.7. The molecule has 3 aromatic rings. The van der Waals surface area contributed by atoms with Gasteiger partial charge in [0, 0.05) is 37.8 Å². The Bertz CT molecular complexity index is 1630. The van der Waals surface area contributed by atoms with Crippen LogP contribution in [0.15, 0.2) is 40.9 Å². The molecular formula is C35H38F9N3O3. The largest absolute Gasteiger partial charge is 0.469 e. The van der Waals surface area contributed by atoms with Crippen LogP contribution in [-0.4, -0.2) is 31.3 Å². The molecule has 1 aliphatic heterocycles. The molecular weight excluding hydrogens is 681 g/mol. The van der Waals surface area contributed by atoms with Crippen LogP contribution in [0.4, 0.5) is 51.1 Å². The first kappa shape index (κ1) is 37.3. The number of halogens is 9. The minimum absolute atomic E-state index is 0.0518. The molecule has 2 heterocycles. The van der Waals surface area contributed by atoms with Crippen molar-refractivity contribution in [3.63, 3.8) is 0 Å². The Kier molecular flexibility index (Phi) is 10.7. The predicted molar refractivity (Wildman–Crippen MR) is 166 cm³/mol. The van der Waals surface area contributed by atoms with Gasteiger partial charge >= 0.3 is 24.5 Å². The summed E-state index contributed by atoms with van der Waals surface area (Å²) >= 11 is 0. The van der Waals surface area contributed by atoms with E-state index >= 15 is 0 Å². The smallest absolute Gasteiger partial charge is 0.416 e. The van der Waals surface area contributed by atoms with Crippen LogP contribution in [0, 0.1) is 25.7 Å². The van der Waals surface area contributed by atoms with Gasteiger partial charge in [-0.3, -0.25) is 4.79 Å². The summed E-state index contributed by atoms with van der Waals surface area (Å²) < 4.78 is 136. The van der Waals surface area contributed by atoms with Gasteiger partial charge in [0.1, 0.15) is 0 Å². The van der Waals surface area contributed by atoms with Crippen LogP contribution in [-0.2, 0) is 34.6 Å². The van der Waals surface area contributed by atoms with Crippen molar-refractivity contribution < 1.29 is 53.6 Å². The van der Waals surface area contributed by atoms with Crippen molar-refractivity contribution in [2.45, 2.75) is 89.9 Å². The van der Waals surface area contributed by atoms with E-state index in [2.05, 4.69) is 5.16 Å². The number of alkyl halides is 9. The van der Waals surface area contributed by atoms with Gasteiger partial charge in [0.25, 0.3) is 0 Å². The number of carbonyl (C=O) groups is 1. The Hall–Kier alpha value is -3.91. The molecule has 15 heteroatoms. The van der Waals surface area contributed by atoms with E-state index in [1.54, 1.807) is 6.92 Å². The molecule has 1 aliphatic carbocycles. The third-order valence-electron chi connectivity index (χ3n) is 9.69. The van der Waals surface area contributed by atoms with Gasteiger partial charge in [-0.25, -0.2) is 0 Å². The van der Waals surface area contributed by atoms with Gasteiger partial charge in [-0.15, -0.1) is 0 Å². The highest BCUT2D eigenvalue weighted by Crippen LogP contribution is 2.46. The number of anilines is 2. The SMILES string of the molecule is COC(=O)CC1CCC(CN2CCC[C@H](N(Cc3cc(C(F)(F)F)cc(C(F)(F)F)c3)c3cc(C)no3)c3cc(C)c(C(F)(F)F)cc32)CC1. The van der Waals surface area contributed by atoms with Gasteiger partial charge in [0.05, 0.1) is 35.5 Å². The highest BCUT2D eigenvalue weighted by Gasteiger charge is 2.40. The van der Waals surface area contributed by atoms with Crippen molar-refractivity contribution >= 4 is 17.5 Å². The lowest BCUT2D eigenvalue weighted by atomic mass is 9.80. The summed E-state index contributed by atoms with van der Waals surface area (Å²) in [6, 6.07) is 4.55. The predicted octanol–water partition coefficient (Wildman–Crippen LogP) is 10.1. The quantitative estimate of drug-likeness (QED) is 0.171. The average Bonchev–Trinajstić information content (AvgIpc) is 3.38. The van der Waals surface area contributed by atoms with E-state index < -0.39 is 47.8 Å². The van der Waals surface area contributed by atoms with Crippen molar-refractivity contribution in [1.82, 2.24) is 5.16 Å². The normalized spacial score (nSPS) is 20.3. The molecule has 1 aromatic heterocycles. The standard InChI is InChI=1S/C35H38F9N3O3/c1-20-11-27-29(47(31-12-21(2)45-50-31)19-24-13-25(33(36,37)38)16-26(14-24)34(39,40)41)5-4-10-46(30(27)17-28(20)35(42,43)44)18-23-8-6-22(7-9-23)15-32(48)49-3/h11-14,16-17,22-23,29H,4-10,15,18-19H2,1-3H3/t22?,23?,29-/m0/s1. The number of esters is 1. The van der Waals surface area contributed by atoms with Gasteiger partial charge < -0.3 is 19.1 Å². The summed E-state index contributed by atoms with van der Waals surface area (Å²) in [4.78, 5) is 15.2. The number of aryl methyl sites for hydroxylation is 2. The Morgan fingerprint density at radius 2 is 1.48 bits per heavy atom. The lowest BCUT2D eigenvalue weighted by Crippen LogP contribution is -2.33. The molecule has 1 saturated carbocycles. The Morgan fingerprint density at radius 1 is 0.860 bits per heavy atom. The molecule has 2 aliphatic rings. The van der Waals surface area contributed by atoms with E-state index in [4.69, 9.17) is 9.26 Å². The van der Waals surface area contributed by atoms with Gasteiger partial charge in [0.2, 0.25) is 5.88 Å². The van der Waals surface area contributed by atoms with Gasteiger partial charge in [-0.2, -0.15) is 39.5 Å². The number of nitrogens with zero attached hydrogens (tertiary/aromatic N) is 3. The second-order valence-corrected chi connectivity index (χ2v) is 13.3. The molecule has 274 valence electrons. The summed E-state index contributed by atoms with van der Waals surface area (Å²) in [6.07, 6.45) is -10.7. The minimum atomic E-state index is -5.07. The van der Waals surface area contributed by atoms with Gasteiger partial charge in [0.15, 0.2) is 0 Å². The van der Waals surface area contributed by atoms with E-state index in [-0.39, 0.29) is 40.9 Å². The molecule has 0 saturated heterocycles. The molecule has 0 bridgehead atoms. The van der Waals surface area contributed by atoms with E-state index in [1.807, 2.05) is 4.90 Å². The number of fused-ring (bicyclic) bond motifs is 1. The highest BCUT2D eigenvalue weighted by atomic mass is 19.4. The summed E-state index contributed by atoms with van der Waals surface area (Å²) in [5.41, 5.74) is -3.03. The Labute approximate surface area is 283 Å². The van der Waals surface area contributed by atoms with Crippen LogP contribution in [0.5, 0.6) is 0 Å². The number of hydrogen-bond acceptors (Lipinski definition) is 6. The number of hydrogen-bond donors (Lipinski definition) is 0. The van der Waals surface area contributed by atoms with Crippen molar-refractivity contribution in [1.29, 1.82) is 0 Å². The third kappa shape index (κ3) is 8.68. The van der Waals surface area contributed by atoms with Crippen LogP contribution < -0.4 is 9.80 Å². The van der Waals surface area contributed by atoms with Crippen molar-refractivity contribution in [2.24, 2.45) is 11.8 Å². The van der Waals surface area contributed by atoms with Crippen LogP contribution in [0.1, 0.15) is 90.1 Å². The summed E-state index contributed by atoms with van der Waals surface area (Å²) in [5, 5.41) is 3.89. The maximum Gasteiger partial charge on any atom is 0.416 e. The van der Waals surface area contributed by atoms with Crippen molar-refractivity contribution in [3.8, 4) is 0 Å². The number of ether oxygens (including phenoxy) is 1. The molecule has 0 spiro atoms. The van der Waals surface area contributed by atoms with E-state index in [1.165, 1.54) is 31.1 Å². The number of aromatic nitrogens is 1. The fourth-order valence-corrected chi connectivity index (χ4v) is 7.21. The maximum absolute atomic E-state index is 14.3. The average molecular weight is 720 g/mol. The molecule has 0 amide bonds. The van der Waals surface area contributed by atoms with Crippen molar-refractivity contribution in [3.05, 3.63) is 75.5 Å². The van der Waals surface area contributed by atoms with Crippen LogP contribution >= 0.6 is 0 Å². The molecule has 1 fully saturated rings. The zero-order chi connectivity index (χ0) is 36.6. The summed E-state index contributed by atoms with van der Waals surface area (Å²) in [5.74, 6) is 0.0519. The number of carbonyl (C=O) groups excluding carboxylic acids is 1. The monoisotopic (exact) mass is 719 g/mol. The first-order chi connectivity index (χ1) is 23.3. The molecule has 1 atom stereocenters. The molecule has 5 rings (SSSR count). The fourth-order valence-electron chi connectivity index (χ4n) is 7.21. The number of rotatable bonds is 8. The van der Waals surface area contributed by atoms with Crippen LogP contribution in [0.3, 0.4) is 0 Å². The second kappa shape index (κ2) is 14.4. The van der Waals surface area contributed by atoms with E-state index in [0.29, 0.717) is 61.4 Å². The van der Waals surface area contributed by atoms with Crippen LogP contribution in [0.2, 0.25) is 0 Å². The molecule has 6 nitrogen and oxygen atoms in total. The lowest BCUT2D eigenvalue weighted by Gasteiger charge is -2.36. The van der Waals surface area contributed by atoms with Crippen molar-refractivity contribution in [2.75, 3.05) is 30.0 Å². The Morgan fingerprint density at radius 3 is 2.02 bits per heavy atom. The molecule has 0 radical (unpaired) electrons. The summed E-state index contributed by atoms with van der Waals surface area (Å²) in [7, 11) is 1.33.